The highest BCUT2D eigenvalue weighted by molar-refractivity contribution is 5.85. The zero-order chi connectivity index (χ0) is 16.1. The van der Waals surface area contributed by atoms with Gasteiger partial charge in [0.2, 0.25) is 5.91 Å². The highest BCUT2D eigenvalue weighted by atomic mass is 35.5. The largest absolute Gasteiger partial charge is 0.339 e. The van der Waals surface area contributed by atoms with Crippen LogP contribution in [0.5, 0.6) is 0 Å². The summed E-state index contributed by atoms with van der Waals surface area (Å²) in [6.07, 6.45) is 7.86. The molecule has 3 amide bonds. The van der Waals surface area contributed by atoms with Crippen LogP contribution in [0.15, 0.2) is 0 Å². The standard InChI is InChI=1S/C17H30N4O2.ClH/c22-16(14-6-8-18-9-7-14)20-10-12-21(13-11-20)17(23)19-15-4-2-1-3-5-15;/h14-15,18H,1-13H2,(H,19,23);1H. The Balaban J connectivity index is 0.00000208. The van der Waals surface area contributed by atoms with Crippen LogP contribution in [0.2, 0.25) is 0 Å². The molecule has 3 rings (SSSR count). The van der Waals surface area contributed by atoms with Crippen molar-refractivity contribution in [2.75, 3.05) is 39.3 Å². The Kier molecular flexibility index (Phi) is 7.62. The average molecular weight is 359 g/mol. The van der Waals surface area contributed by atoms with Gasteiger partial charge in [0, 0.05) is 38.1 Å². The smallest absolute Gasteiger partial charge is 0.317 e. The van der Waals surface area contributed by atoms with Gasteiger partial charge in [0.1, 0.15) is 0 Å². The summed E-state index contributed by atoms with van der Waals surface area (Å²) in [5.41, 5.74) is 0. The van der Waals surface area contributed by atoms with Gasteiger partial charge in [-0.3, -0.25) is 4.79 Å². The molecule has 7 heteroatoms. The quantitative estimate of drug-likeness (QED) is 0.788. The molecule has 0 radical (unpaired) electrons. The van der Waals surface area contributed by atoms with E-state index >= 15 is 0 Å². The van der Waals surface area contributed by atoms with Gasteiger partial charge in [-0.05, 0) is 38.8 Å². The van der Waals surface area contributed by atoms with Crippen molar-refractivity contribution in [3.63, 3.8) is 0 Å². The zero-order valence-electron chi connectivity index (χ0n) is 14.5. The van der Waals surface area contributed by atoms with Crippen LogP contribution in [0.3, 0.4) is 0 Å². The summed E-state index contributed by atoms with van der Waals surface area (Å²) in [4.78, 5) is 28.7. The van der Waals surface area contributed by atoms with Gasteiger partial charge in [-0.25, -0.2) is 4.79 Å². The van der Waals surface area contributed by atoms with Crippen molar-refractivity contribution in [3.8, 4) is 0 Å². The third-order valence-corrected chi connectivity index (χ3v) is 5.50. The van der Waals surface area contributed by atoms with Gasteiger partial charge >= 0.3 is 6.03 Å². The molecule has 2 aliphatic heterocycles. The van der Waals surface area contributed by atoms with Crippen LogP contribution in [0.4, 0.5) is 4.79 Å². The first-order chi connectivity index (χ1) is 11.2. The molecule has 24 heavy (non-hydrogen) atoms. The molecule has 0 aromatic rings. The first-order valence-electron chi connectivity index (χ1n) is 9.29. The molecule has 0 atom stereocenters. The van der Waals surface area contributed by atoms with Gasteiger partial charge in [-0.2, -0.15) is 0 Å². The fraction of sp³-hybridized carbons (Fsp3) is 0.882. The summed E-state index contributed by atoms with van der Waals surface area (Å²) >= 11 is 0. The molecule has 3 aliphatic rings. The second-order valence-corrected chi connectivity index (χ2v) is 7.12. The Hall–Kier alpha value is -1.01. The second kappa shape index (κ2) is 9.47. The lowest BCUT2D eigenvalue weighted by Crippen LogP contribution is -2.55. The fourth-order valence-corrected chi connectivity index (χ4v) is 3.97. The minimum Gasteiger partial charge on any atom is -0.339 e. The lowest BCUT2D eigenvalue weighted by Gasteiger charge is -2.38. The minimum absolute atomic E-state index is 0. The lowest BCUT2D eigenvalue weighted by atomic mass is 9.95. The van der Waals surface area contributed by atoms with Gasteiger partial charge in [-0.15, -0.1) is 12.4 Å². The van der Waals surface area contributed by atoms with Crippen molar-refractivity contribution in [2.24, 2.45) is 5.92 Å². The molecule has 138 valence electrons. The van der Waals surface area contributed by atoms with E-state index in [4.69, 9.17) is 0 Å². The highest BCUT2D eigenvalue weighted by Crippen LogP contribution is 2.19. The first-order valence-corrected chi connectivity index (χ1v) is 9.29. The molecule has 0 unspecified atom stereocenters. The second-order valence-electron chi connectivity index (χ2n) is 7.12. The van der Waals surface area contributed by atoms with Gasteiger partial charge in [0.15, 0.2) is 0 Å². The van der Waals surface area contributed by atoms with E-state index in [1.165, 1.54) is 19.3 Å². The van der Waals surface area contributed by atoms with Crippen molar-refractivity contribution in [1.82, 2.24) is 20.4 Å². The van der Waals surface area contributed by atoms with E-state index < -0.39 is 0 Å². The SMILES string of the molecule is Cl.O=C(NC1CCCCC1)N1CCN(C(=O)C2CCNCC2)CC1. The predicted molar refractivity (Wildman–Crippen MR) is 96.4 cm³/mol. The molecule has 6 nitrogen and oxygen atoms in total. The van der Waals surface area contributed by atoms with Gasteiger partial charge in [0.25, 0.3) is 0 Å². The molecule has 0 spiro atoms. The molecule has 2 heterocycles. The van der Waals surface area contributed by atoms with E-state index in [0.29, 0.717) is 38.1 Å². The molecule has 0 bridgehead atoms. The Morgan fingerprint density at radius 3 is 2.04 bits per heavy atom. The number of piperidine rings is 1. The topological polar surface area (TPSA) is 64.7 Å². The number of amides is 3. The molecule has 2 N–H and O–H groups in total. The van der Waals surface area contributed by atoms with E-state index in [-0.39, 0.29) is 24.4 Å². The van der Waals surface area contributed by atoms with Crippen LogP contribution in [0, 0.1) is 5.92 Å². The molecule has 2 saturated heterocycles. The molecule has 0 aromatic carbocycles. The van der Waals surface area contributed by atoms with Crippen molar-refractivity contribution >= 4 is 24.3 Å². The normalized spacial score (nSPS) is 23.5. The van der Waals surface area contributed by atoms with E-state index in [2.05, 4.69) is 10.6 Å². The van der Waals surface area contributed by atoms with Crippen molar-refractivity contribution in [2.45, 2.75) is 51.0 Å². The Bertz CT molecular complexity index is 415. The maximum Gasteiger partial charge on any atom is 0.317 e. The number of carbonyl (C=O) groups is 2. The van der Waals surface area contributed by atoms with E-state index in [0.717, 1.165) is 38.8 Å². The maximum atomic E-state index is 12.5. The van der Waals surface area contributed by atoms with Crippen LogP contribution in [0.1, 0.15) is 44.9 Å². The molecule has 1 aliphatic carbocycles. The van der Waals surface area contributed by atoms with Crippen molar-refractivity contribution < 1.29 is 9.59 Å². The monoisotopic (exact) mass is 358 g/mol. The number of rotatable bonds is 2. The summed E-state index contributed by atoms with van der Waals surface area (Å²) in [7, 11) is 0. The molecule has 0 aromatic heterocycles. The van der Waals surface area contributed by atoms with E-state index in [9.17, 15) is 9.59 Å². The lowest BCUT2D eigenvalue weighted by molar-refractivity contribution is -0.137. The Labute approximate surface area is 151 Å². The van der Waals surface area contributed by atoms with Gasteiger partial charge in [0.05, 0.1) is 0 Å². The minimum atomic E-state index is 0. The van der Waals surface area contributed by atoms with Crippen LogP contribution in [-0.4, -0.2) is 67.0 Å². The molecule has 3 fully saturated rings. The van der Waals surface area contributed by atoms with E-state index in [1.54, 1.807) is 0 Å². The van der Waals surface area contributed by atoms with Gasteiger partial charge < -0.3 is 20.4 Å². The molecular formula is C17H31ClN4O2. The maximum absolute atomic E-state index is 12.5. The summed E-state index contributed by atoms with van der Waals surface area (Å²) in [6, 6.07) is 0.413. The number of hydrogen-bond acceptors (Lipinski definition) is 3. The number of urea groups is 1. The van der Waals surface area contributed by atoms with Crippen molar-refractivity contribution in [3.05, 3.63) is 0 Å². The Morgan fingerprint density at radius 2 is 1.42 bits per heavy atom. The first kappa shape index (κ1) is 19.3. The fourth-order valence-electron chi connectivity index (χ4n) is 3.97. The summed E-state index contributed by atoms with van der Waals surface area (Å²) < 4.78 is 0. The highest BCUT2D eigenvalue weighted by Gasteiger charge is 2.30. The number of nitrogens with one attached hydrogen (secondary N) is 2. The predicted octanol–water partition coefficient (Wildman–Crippen LogP) is 1.59. The van der Waals surface area contributed by atoms with Crippen LogP contribution in [-0.2, 0) is 4.79 Å². The van der Waals surface area contributed by atoms with Crippen molar-refractivity contribution in [1.29, 1.82) is 0 Å². The molecule has 1 saturated carbocycles. The van der Waals surface area contributed by atoms with Crippen LogP contribution < -0.4 is 10.6 Å². The number of piperazine rings is 1. The van der Waals surface area contributed by atoms with Gasteiger partial charge in [-0.1, -0.05) is 19.3 Å². The van der Waals surface area contributed by atoms with Crippen LogP contribution >= 0.6 is 12.4 Å². The Morgan fingerprint density at radius 1 is 0.833 bits per heavy atom. The van der Waals surface area contributed by atoms with E-state index in [1.807, 2.05) is 9.80 Å². The van der Waals surface area contributed by atoms with Crippen LogP contribution in [0.25, 0.3) is 0 Å². The average Bonchev–Trinajstić information content (AvgIpc) is 2.63. The number of hydrogen-bond donors (Lipinski definition) is 2. The zero-order valence-corrected chi connectivity index (χ0v) is 15.3. The third kappa shape index (κ3) is 4.99. The molecular weight excluding hydrogens is 328 g/mol. The third-order valence-electron chi connectivity index (χ3n) is 5.50. The summed E-state index contributed by atoms with van der Waals surface area (Å²) in [5.74, 6) is 0.470. The number of halogens is 1. The number of carbonyl (C=O) groups excluding carboxylic acids is 2. The summed E-state index contributed by atoms with van der Waals surface area (Å²) in [6.45, 7) is 4.58. The summed E-state index contributed by atoms with van der Waals surface area (Å²) in [5, 5.41) is 6.47. The number of nitrogens with zero attached hydrogens (tertiary/aromatic N) is 2.